The number of benzene rings is 2. The van der Waals surface area contributed by atoms with Crippen molar-refractivity contribution < 1.29 is 17.9 Å². The molecule has 168 valence electrons. The quantitative estimate of drug-likeness (QED) is 0.438. The van der Waals surface area contributed by atoms with E-state index < -0.39 is 10.0 Å². The Morgan fingerprint density at radius 1 is 1.10 bits per heavy atom. The van der Waals surface area contributed by atoms with Crippen molar-refractivity contribution in [1.82, 2.24) is 4.72 Å². The lowest BCUT2D eigenvalue weighted by atomic mass is 9.96. The molecule has 0 aliphatic heterocycles. The Morgan fingerprint density at radius 2 is 1.81 bits per heavy atom. The van der Waals surface area contributed by atoms with Crippen LogP contribution in [0.4, 0.5) is 5.69 Å². The van der Waals surface area contributed by atoms with Crippen LogP contribution in [0.25, 0.3) is 0 Å². The number of unbranched alkanes of at least 4 members (excludes halogenated alkanes) is 1. The van der Waals surface area contributed by atoms with Gasteiger partial charge in [0.1, 0.15) is 5.75 Å². The van der Waals surface area contributed by atoms with Crippen LogP contribution in [0.5, 0.6) is 5.75 Å². The molecule has 0 saturated heterocycles. The van der Waals surface area contributed by atoms with E-state index in [-0.39, 0.29) is 16.8 Å². The molecule has 8 heteroatoms. The third-order valence-electron chi connectivity index (χ3n) is 5.30. The number of hydrogen-bond acceptors (Lipinski definition) is 4. The minimum atomic E-state index is -3.56. The van der Waals surface area contributed by atoms with E-state index in [9.17, 15) is 13.2 Å². The highest BCUT2D eigenvalue weighted by molar-refractivity contribution is 9.10. The van der Waals surface area contributed by atoms with Gasteiger partial charge < -0.3 is 10.1 Å². The second-order valence-electron chi connectivity index (χ2n) is 7.78. The molecule has 0 atom stereocenters. The van der Waals surface area contributed by atoms with Crippen molar-refractivity contribution >= 4 is 37.5 Å². The van der Waals surface area contributed by atoms with Gasteiger partial charge in [0.15, 0.2) is 0 Å². The molecule has 0 bridgehead atoms. The van der Waals surface area contributed by atoms with Gasteiger partial charge in [-0.1, -0.05) is 32.6 Å². The minimum Gasteiger partial charge on any atom is -0.492 e. The van der Waals surface area contributed by atoms with Crippen molar-refractivity contribution in [3.05, 3.63) is 52.5 Å². The van der Waals surface area contributed by atoms with Gasteiger partial charge in [-0.25, -0.2) is 13.1 Å². The SMILES string of the molecule is CCCCOc1ccc(C(=O)Nc2ccc(S(=O)(=O)NC3CCCCC3)cc2)cc1Br. The van der Waals surface area contributed by atoms with E-state index in [1.54, 1.807) is 30.3 Å². The number of carbonyl (C=O) groups is 1. The van der Waals surface area contributed by atoms with Crippen molar-refractivity contribution in [2.75, 3.05) is 11.9 Å². The fourth-order valence-corrected chi connectivity index (χ4v) is 5.31. The molecular weight excluding hydrogens is 480 g/mol. The molecule has 1 aliphatic rings. The summed E-state index contributed by atoms with van der Waals surface area (Å²) in [4.78, 5) is 12.8. The zero-order chi connectivity index (χ0) is 22.3. The molecule has 2 aromatic carbocycles. The van der Waals surface area contributed by atoms with Gasteiger partial charge in [-0.05, 0) is 77.7 Å². The van der Waals surface area contributed by atoms with Crippen LogP contribution in [-0.4, -0.2) is 27.0 Å². The predicted octanol–water partition coefficient (Wildman–Crippen LogP) is 5.49. The van der Waals surface area contributed by atoms with E-state index in [0.29, 0.717) is 28.1 Å². The maximum Gasteiger partial charge on any atom is 0.255 e. The Hall–Kier alpha value is -1.90. The highest BCUT2D eigenvalue weighted by Crippen LogP contribution is 2.27. The average Bonchev–Trinajstić information content (AvgIpc) is 2.76. The minimum absolute atomic E-state index is 0.00509. The zero-order valence-corrected chi connectivity index (χ0v) is 20.1. The Kier molecular flexibility index (Phi) is 8.51. The third-order valence-corrected chi connectivity index (χ3v) is 7.46. The predicted molar refractivity (Wildman–Crippen MR) is 126 cm³/mol. The number of carbonyl (C=O) groups excluding carboxylic acids is 1. The molecule has 0 radical (unpaired) electrons. The van der Waals surface area contributed by atoms with Crippen LogP contribution in [0.3, 0.4) is 0 Å². The first kappa shape index (κ1) is 23.8. The summed E-state index contributed by atoms with van der Waals surface area (Å²) in [5.41, 5.74) is 1.01. The van der Waals surface area contributed by atoms with Gasteiger partial charge >= 0.3 is 0 Å². The highest BCUT2D eigenvalue weighted by Gasteiger charge is 2.21. The zero-order valence-electron chi connectivity index (χ0n) is 17.7. The number of amides is 1. The van der Waals surface area contributed by atoms with Gasteiger partial charge in [-0.3, -0.25) is 4.79 Å². The number of ether oxygens (including phenoxy) is 1. The van der Waals surface area contributed by atoms with Gasteiger partial charge in [-0.15, -0.1) is 0 Å². The van der Waals surface area contributed by atoms with Gasteiger partial charge in [0.05, 0.1) is 16.0 Å². The topological polar surface area (TPSA) is 84.5 Å². The van der Waals surface area contributed by atoms with Crippen molar-refractivity contribution in [3.8, 4) is 5.75 Å². The molecule has 2 aromatic rings. The Balaban J connectivity index is 1.61. The van der Waals surface area contributed by atoms with Crippen molar-refractivity contribution in [2.24, 2.45) is 0 Å². The fraction of sp³-hybridized carbons (Fsp3) is 0.435. The number of nitrogens with one attached hydrogen (secondary N) is 2. The lowest BCUT2D eigenvalue weighted by molar-refractivity contribution is 0.102. The molecular formula is C23H29BrN2O4S. The number of sulfonamides is 1. The second kappa shape index (κ2) is 11.1. The number of anilines is 1. The lowest BCUT2D eigenvalue weighted by Gasteiger charge is -2.22. The standard InChI is InChI=1S/C23H29BrN2O4S/c1-2-3-15-30-22-14-9-17(16-21(22)24)23(27)25-18-10-12-20(13-11-18)31(28,29)26-19-7-5-4-6-8-19/h9-14,16,19,26H,2-8,15H2,1H3,(H,25,27). The van der Waals surface area contributed by atoms with E-state index in [0.717, 1.165) is 44.9 Å². The summed E-state index contributed by atoms with van der Waals surface area (Å²) in [6.45, 7) is 2.73. The lowest BCUT2D eigenvalue weighted by Crippen LogP contribution is -2.36. The summed E-state index contributed by atoms with van der Waals surface area (Å²) in [5, 5.41) is 2.80. The van der Waals surface area contributed by atoms with Crippen LogP contribution in [-0.2, 0) is 10.0 Å². The summed E-state index contributed by atoms with van der Waals surface area (Å²) in [6, 6.07) is 11.4. The summed E-state index contributed by atoms with van der Waals surface area (Å²) in [5.74, 6) is 0.418. The molecule has 1 fully saturated rings. The Bertz CT molecular complexity index is 987. The molecule has 31 heavy (non-hydrogen) atoms. The first-order valence-electron chi connectivity index (χ1n) is 10.7. The van der Waals surface area contributed by atoms with Crippen LogP contribution >= 0.6 is 15.9 Å². The smallest absolute Gasteiger partial charge is 0.255 e. The van der Waals surface area contributed by atoms with Crippen LogP contribution in [0, 0.1) is 0 Å². The summed E-state index contributed by atoms with van der Waals surface area (Å²) < 4.78 is 34.4. The second-order valence-corrected chi connectivity index (χ2v) is 10.4. The van der Waals surface area contributed by atoms with E-state index >= 15 is 0 Å². The normalized spacial score (nSPS) is 14.9. The van der Waals surface area contributed by atoms with Crippen molar-refractivity contribution in [3.63, 3.8) is 0 Å². The van der Waals surface area contributed by atoms with Gasteiger partial charge in [0, 0.05) is 17.3 Å². The largest absolute Gasteiger partial charge is 0.492 e. The summed E-state index contributed by atoms with van der Waals surface area (Å²) in [7, 11) is -3.56. The molecule has 1 aliphatic carbocycles. The highest BCUT2D eigenvalue weighted by atomic mass is 79.9. The Morgan fingerprint density at radius 3 is 2.45 bits per heavy atom. The van der Waals surface area contributed by atoms with Gasteiger partial charge in [0.25, 0.3) is 5.91 Å². The third kappa shape index (κ3) is 6.79. The molecule has 6 nitrogen and oxygen atoms in total. The van der Waals surface area contributed by atoms with E-state index in [1.165, 1.54) is 12.1 Å². The van der Waals surface area contributed by atoms with E-state index in [1.807, 2.05) is 0 Å². The fourth-order valence-electron chi connectivity index (χ4n) is 3.51. The van der Waals surface area contributed by atoms with Gasteiger partial charge in [0.2, 0.25) is 10.0 Å². The van der Waals surface area contributed by atoms with Crippen LogP contribution in [0.15, 0.2) is 51.8 Å². The molecule has 0 unspecified atom stereocenters. The maximum atomic E-state index is 12.6. The number of halogens is 1. The molecule has 2 N–H and O–H groups in total. The van der Waals surface area contributed by atoms with Crippen LogP contribution in [0.2, 0.25) is 0 Å². The summed E-state index contributed by atoms with van der Waals surface area (Å²) >= 11 is 3.45. The number of hydrogen-bond donors (Lipinski definition) is 2. The Labute approximate surface area is 193 Å². The van der Waals surface area contributed by atoms with Crippen molar-refractivity contribution in [1.29, 1.82) is 0 Å². The van der Waals surface area contributed by atoms with E-state index in [4.69, 9.17) is 4.74 Å². The van der Waals surface area contributed by atoms with Gasteiger partial charge in [-0.2, -0.15) is 0 Å². The first-order chi connectivity index (χ1) is 14.9. The van der Waals surface area contributed by atoms with Crippen LogP contribution in [0.1, 0.15) is 62.2 Å². The van der Waals surface area contributed by atoms with Crippen molar-refractivity contribution in [2.45, 2.75) is 62.8 Å². The number of rotatable bonds is 9. The maximum absolute atomic E-state index is 12.6. The monoisotopic (exact) mass is 508 g/mol. The molecule has 1 amide bonds. The first-order valence-corrected chi connectivity index (χ1v) is 13.0. The molecule has 1 saturated carbocycles. The molecule has 0 aromatic heterocycles. The van der Waals surface area contributed by atoms with Crippen LogP contribution < -0.4 is 14.8 Å². The summed E-state index contributed by atoms with van der Waals surface area (Å²) in [6.07, 6.45) is 7.06. The molecule has 0 heterocycles. The average molecular weight is 509 g/mol. The van der Waals surface area contributed by atoms with E-state index in [2.05, 4.69) is 32.9 Å². The molecule has 0 spiro atoms. The molecule has 3 rings (SSSR count).